The van der Waals surface area contributed by atoms with Gasteiger partial charge in [-0.3, -0.25) is 9.69 Å². The van der Waals surface area contributed by atoms with Gasteiger partial charge in [0.25, 0.3) is 0 Å². The standard InChI is InChI=1S/C19H37NO2S2/c1-9-20(10-2)15-17(24-15)23-12-11-22-16(21)14(19(6,7)8)13-18(3,4)5/h14-15,17H,9-13H2,1-8H3. The molecule has 0 aromatic heterocycles. The molecule has 0 saturated carbocycles. The molecule has 1 fully saturated rings. The highest BCUT2D eigenvalue weighted by Gasteiger charge is 2.42. The van der Waals surface area contributed by atoms with E-state index in [1.807, 2.05) is 23.5 Å². The van der Waals surface area contributed by atoms with Crippen LogP contribution in [0.2, 0.25) is 0 Å². The topological polar surface area (TPSA) is 29.5 Å². The summed E-state index contributed by atoms with van der Waals surface area (Å²) in [7, 11) is 0. The lowest BCUT2D eigenvalue weighted by Gasteiger charge is -2.33. The molecule has 1 saturated heterocycles. The molecule has 1 heterocycles. The number of rotatable bonds is 9. The number of esters is 1. The largest absolute Gasteiger partial charge is 0.465 e. The average Bonchev–Trinajstić information content (AvgIpc) is 3.19. The van der Waals surface area contributed by atoms with Gasteiger partial charge < -0.3 is 4.74 Å². The van der Waals surface area contributed by atoms with Gasteiger partial charge in [0, 0.05) is 5.75 Å². The van der Waals surface area contributed by atoms with Crippen LogP contribution < -0.4 is 0 Å². The van der Waals surface area contributed by atoms with Gasteiger partial charge in [0.05, 0.1) is 15.9 Å². The number of hydrogen-bond donors (Lipinski definition) is 0. The molecule has 0 aliphatic carbocycles. The monoisotopic (exact) mass is 375 g/mol. The molecule has 0 aromatic rings. The van der Waals surface area contributed by atoms with E-state index in [1.165, 1.54) is 0 Å². The van der Waals surface area contributed by atoms with Crippen molar-refractivity contribution in [3.8, 4) is 0 Å². The van der Waals surface area contributed by atoms with Crippen LogP contribution in [0.4, 0.5) is 0 Å². The van der Waals surface area contributed by atoms with Crippen LogP contribution in [0.1, 0.15) is 61.8 Å². The molecule has 0 radical (unpaired) electrons. The van der Waals surface area contributed by atoms with Crippen molar-refractivity contribution in [3.63, 3.8) is 0 Å². The minimum Gasteiger partial charge on any atom is -0.465 e. The Balaban J connectivity index is 2.34. The van der Waals surface area contributed by atoms with Crippen LogP contribution in [-0.4, -0.2) is 46.3 Å². The van der Waals surface area contributed by atoms with Crippen LogP contribution in [0.5, 0.6) is 0 Å². The first kappa shape index (κ1) is 22.2. The van der Waals surface area contributed by atoms with Gasteiger partial charge in [-0.1, -0.05) is 55.4 Å². The summed E-state index contributed by atoms with van der Waals surface area (Å²) in [6.45, 7) is 20.1. The summed E-state index contributed by atoms with van der Waals surface area (Å²) in [6.07, 6.45) is 0.866. The Labute approximate surface area is 158 Å². The van der Waals surface area contributed by atoms with Crippen LogP contribution >= 0.6 is 23.5 Å². The van der Waals surface area contributed by atoms with Gasteiger partial charge in [0.1, 0.15) is 6.61 Å². The van der Waals surface area contributed by atoms with Crippen molar-refractivity contribution in [1.82, 2.24) is 4.90 Å². The number of carbonyl (C=O) groups excluding carboxylic acids is 1. The summed E-state index contributed by atoms with van der Waals surface area (Å²) in [5.74, 6) is 0.830. The van der Waals surface area contributed by atoms with Crippen molar-refractivity contribution in [2.24, 2.45) is 16.7 Å². The maximum atomic E-state index is 12.5. The summed E-state index contributed by atoms with van der Waals surface area (Å²) in [5, 5.41) is 0.656. The first-order chi connectivity index (χ1) is 11.0. The molecule has 5 heteroatoms. The normalized spacial score (nSPS) is 22.5. The van der Waals surface area contributed by atoms with E-state index in [4.69, 9.17) is 4.74 Å². The first-order valence-corrected chi connectivity index (χ1v) is 11.2. The Hall–Kier alpha value is 0.130. The van der Waals surface area contributed by atoms with Gasteiger partial charge in [-0.25, -0.2) is 0 Å². The molecule has 1 rings (SSSR count). The van der Waals surface area contributed by atoms with Crippen molar-refractivity contribution in [3.05, 3.63) is 0 Å². The predicted molar refractivity (Wildman–Crippen MR) is 109 cm³/mol. The predicted octanol–water partition coefficient (Wildman–Crippen LogP) is 5.10. The van der Waals surface area contributed by atoms with E-state index in [1.54, 1.807) is 0 Å². The van der Waals surface area contributed by atoms with E-state index >= 15 is 0 Å². The smallest absolute Gasteiger partial charge is 0.309 e. The fourth-order valence-electron chi connectivity index (χ4n) is 2.82. The third-order valence-electron chi connectivity index (χ3n) is 4.36. The average molecular weight is 376 g/mol. The fourth-order valence-corrected chi connectivity index (χ4v) is 5.57. The van der Waals surface area contributed by atoms with Crippen molar-refractivity contribution in [2.75, 3.05) is 25.4 Å². The Morgan fingerprint density at radius 1 is 1.17 bits per heavy atom. The summed E-state index contributed by atoms with van der Waals surface area (Å²) >= 11 is 3.95. The molecule has 3 unspecified atom stereocenters. The molecule has 0 N–H and O–H groups in total. The van der Waals surface area contributed by atoms with E-state index in [2.05, 4.69) is 60.3 Å². The first-order valence-electron chi connectivity index (χ1n) is 9.17. The van der Waals surface area contributed by atoms with E-state index in [9.17, 15) is 4.79 Å². The second kappa shape index (κ2) is 9.18. The molecule has 0 aromatic carbocycles. The third kappa shape index (κ3) is 7.57. The zero-order chi connectivity index (χ0) is 18.5. The molecule has 0 spiro atoms. The minimum atomic E-state index is -0.0578. The SMILES string of the molecule is CCN(CC)C1SC1SCCOC(=O)C(CC(C)(C)C)C(C)(C)C. The van der Waals surface area contributed by atoms with Gasteiger partial charge in [0.2, 0.25) is 0 Å². The second-order valence-corrected chi connectivity index (χ2v) is 11.6. The summed E-state index contributed by atoms with van der Waals surface area (Å²) in [6, 6.07) is 0. The zero-order valence-corrected chi connectivity index (χ0v) is 18.5. The lowest BCUT2D eigenvalue weighted by atomic mass is 9.72. The van der Waals surface area contributed by atoms with Crippen LogP contribution in [-0.2, 0) is 9.53 Å². The number of hydrogen-bond acceptors (Lipinski definition) is 5. The van der Waals surface area contributed by atoms with Gasteiger partial charge >= 0.3 is 5.97 Å². The maximum absolute atomic E-state index is 12.5. The fraction of sp³-hybridized carbons (Fsp3) is 0.947. The molecule has 24 heavy (non-hydrogen) atoms. The van der Waals surface area contributed by atoms with E-state index < -0.39 is 0 Å². The van der Waals surface area contributed by atoms with E-state index in [0.29, 0.717) is 16.6 Å². The minimum absolute atomic E-state index is 0.0261. The maximum Gasteiger partial charge on any atom is 0.309 e. The molecule has 3 atom stereocenters. The summed E-state index contributed by atoms with van der Waals surface area (Å²) in [4.78, 5) is 15.0. The number of thioether (sulfide) groups is 2. The number of ether oxygens (including phenoxy) is 1. The third-order valence-corrected chi connectivity index (χ3v) is 7.32. The quantitative estimate of drug-likeness (QED) is 0.318. The van der Waals surface area contributed by atoms with Crippen molar-refractivity contribution in [2.45, 2.75) is 71.8 Å². The number of carbonyl (C=O) groups is 1. The molecular weight excluding hydrogens is 338 g/mol. The van der Waals surface area contributed by atoms with Gasteiger partial charge in [-0.2, -0.15) is 0 Å². The second-order valence-electron chi connectivity index (χ2n) is 8.84. The van der Waals surface area contributed by atoms with Crippen LogP contribution in [0.15, 0.2) is 0 Å². The molecule has 0 amide bonds. The molecule has 0 bridgehead atoms. The van der Waals surface area contributed by atoms with Crippen LogP contribution in [0.25, 0.3) is 0 Å². The Kier molecular flexibility index (Phi) is 8.48. The molecule has 3 nitrogen and oxygen atoms in total. The van der Waals surface area contributed by atoms with E-state index in [-0.39, 0.29) is 22.7 Å². The lowest BCUT2D eigenvalue weighted by Crippen LogP contribution is -2.34. The van der Waals surface area contributed by atoms with Gasteiger partial charge in [-0.15, -0.1) is 23.5 Å². The lowest BCUT2D eigenvalue weighted by molar-refractivity contribution is -0.153. The molecular formula is C19H37NO2S2. The zero-order valence-electron chi connectivity index (χ0n) is 16.8. The molecule has 142 valence electrons. The Morgan fingerprint density at radius 3 is 2.21 bits per heavy atom. The Morgan fingerprint density at radius 2 is 1.75 bits per heavy atom. The highest BCUT2D eigenvalue weighted by Crippen LogP contribution is 2.50. The van der Waals surface area contributed by atoms with E-state index in [0.717, 1.165) is 25.3 Å². The molecule has 1 aliphatic rings. The number of nitrogens with zero attached hydrogens (tertiary/aromatic N) is 1. The highest BCUT2D eigenvalue weighted by atomic mass is 32.2. The van der Waals surface area contributed by atoms with Gasteiger partial charge in [0.15, 0.2) is 0 Å². The van der Waals surface area contributed by atoms with Crippen molar-refractivity contribution >= 4 is 29.5 Å². The summed E-state index contributed by atoms with van der Waals surface area (Å²) < 4.78 is 6.27. The Bertz CT molecular complexity index is 397. The van der Waals surface area contributed by atoms with Crippen LogP contribution in [0.3, 0.4) is 0 Å². The van der Waals surface area contributed by atoms with Crippen molar-refractivity contribution in [1.29, 1.82) is 0 Å². The highest BCUT2D eigenvalue weighted by molar-refractivity contribution is 8.23. The van der Waals surface area contributed by atoms with Crippen molar-refractivity contribution < 1.29 is 9.53 Å². The summed E-state index contributed by atoms with van der Waals surface area (Å²) in [5.41, 5.74) is 0.0745. The molecule has 1 aliphatic heterocycles. The van der Waals surface area contributed by atoms with Crippen LogP contribution in [0, 0.1) is 16.7 Å². The van der Waals surface area contributed by atoms with Gasteiger partial charge in [-0.05, 0) is 30.3 Å².